The van der Waals surface area contributed by atoms with Gasteiger partial charge in [0.05, 0.1) is 5.56 Å². The van der Waals surface area contributed by atoms with Crippen molar-refractivity contribution in [3.8, 4) is 11.9 Å². The summed E-state index contributed by atoms with van der Waals surface area (Å²) >= 11 is 3.28. The summed E-state index contributed by atoms with van der Waals surface area (Å²) in [7, 11) is 1.31. The van der Waals surface area contributed by atoms with Gasteiger partial charge >= 0.3 is 0 Å². The molecule has 0 saturated heterocycles. The van der Waals surface area contributed by atoms with Crippen LogP contribution in [0.2, 0.25) is 0 Å². The number of rotatable bonds is 2. The van der Waals surface area contributed by atoms with Gasteiger partial charge in [0.15, 0.2) is 5.78 Å². The van der Waals surface area contributed by atoms with E-state index >= 15 is 0 Å². The Morgan fingerprint density at radius 2 is 2.00 bits per heavy atom. The van der Waals surface area contributed by atoms with E-state index in [1.807, 2.05) is 0 Å². The molecule has 0 spiro atoms. The van der Waals surface area contributed by atoms with Crippen molar-refractivity contribution in [3.63, 3.8) is 0 Å². The van der Waals surface area contributed by atoms with Crippen LogP contribution in [0.1, 0.15) is 27.0 Å². The summed E-state index contributed by atoms with van der Waals surface area (Å²) in [5.74, 6) is -0.901. The Bertz CT molecular complexity index is 847. The third-order valence-electron chi connectivity index (χ3n) is 3.27. The van der Waals surface area contributed by atoms with Crippen molar-refractivity contribution in [2.45, 2.75) is 6.92 Å². The van der Waals surface area contributed by atoms with E-state index in [4.69, 9.17) is 5.26 Å². The van der Waals surface area contributed by atoms with E-state index in [9.17, 15) is 14.7 Å². The number of aromatic hydroxyl groups is 1. The van der Waals surface area contributed by atoms with Gasteiger partial charge in [-0.2, -0.15) is 5.26 Å². The van der Waals surface area contributed by atoms with Crippen molar-refractivity contribution >= 4 is 21.7 Å². The third kappa shape index (κ3) is 2.36. The lowest BCUT2D eigenvalue weighted by Gasteiger charge is -2.13. The Balaban J connectivity index is 2.80. The third-order valence-corrected chi connectivity index (χ3v) is 3.96. The summed E-state index contributed by atoms with van der Waals surface area (Å²) in [5.41, 5.74) is -0.292. The standard InChI is InChI=1S/C15H11BrN2O3/c1-8-10(7-17)14(20)18(2)15(21)12(8)13(19)9-5-3-4-6-11(9)16/h3-6,21H,1-2H3. The first-order valence-corrected chi connectivity index (χ1v) is 6.81. The van der Waals surface area contributed by atoms with E-state index in [2.05, 4.69) is 15.9 Å². The molecule has 1 aromatic heterocycles. The molecule has 1 aromatic carbocycles. The Morgan fingerprint density at radius 3 is 2.57 bits per heavy atom. The molecule has 0 fully saturated rings. The van der Waals surface area contributed by atoms with Crippen LogP contribution in [0.3, 0.4) is 0 Å². The maximum Gasteiger partial charge on any atom is 0.271 e. The molecule has 106 valence electrons. The van der Waals surface area contributed by atoms with Gasteiger partial charge in [-0.05, 0) is 24.6 Å². The molecule has 1 heterocycles. The lowest BCUT2D eigenvalue weighted by Crippen LogP contribution is -2.24. The zero-order valence-corrected chi connectivity index (χ0v) is 12.9. The monoisotopic (exact) mass is 346 g/mol. The summed E-state index contributed by atoms with van der Waals surface area (Å²) in [6.07, 6.45) is 0. The lowest BCUT2D eigenvalue weighted by molar-refractivity contribution is 0.103. The van der Waals surface area contributed by atoms with Gasteiger partial charge in [-0.1, -0.05) is 28.1 Å². The predicted octanol–water partition coefficient (Wildman–Crippen LogP) is 2.26. The Morgan fingerprint density at radius 1 is 1.38 bits per heavy atom. The van der Waals surface area contributed by atoms with E-state index < -0.39 is 17.2 Å². The first kappa shape index (κ1) is 15.0. The minimum atomic E-state index is -0.629. The molecule has 2 rings (SSSR count). The van der Waals surface area contributed by atoms with Gasteiger partial charge in [-0.25, -0.2) is 0 Å². The van der Waals surface area contributed by atoms with Gasteiger partial charge < -0.3 is 5.11 Å². The van der Waals surface area contributed by atoms with Crippen LogP contribution in [0.15, 0.2) is 33.5 Å². The summed E-state index contributed by atoms with van der Waals surface area (Å²) in [6, 6.07) is 8.54. The number of nitrogens with zero attached hydrogens (tertiary/aromatic N) is 2. The number of pyridine rings is 1. The highest BCUT2D eigenvalue weighted by atomic mass is 79.9. The maximum atomic E-state index is 12.6. The number of nitriles is 1. The number of carbonyl (C=O) groups is 1. The van der Waals surface area contributed by atoms with E-state index in [0.717, 1.165) is 4.57 Å². The van der Waals surface area contributed by atoms with Crippen LogP contribution in [0.4, 0.5) is 0 Å². The minimum Gasteiger partial charge on any atom is -0.494 e. The van der Waals surface area contributed by atoms with Gasteiger partial charge in [-0.3, -0.25) is 14.2 Å². The number of halogens is 1. The number of hydrogen-bond donors (Lipinski definition) is 1. The average Bonchev–Trinajstić information content (AvgIpc) is 2.46. The number of benzene rings is 1. The van der Waals surface area contributed by atoms with Crippen LogP contribution >= 0.6 is 15.9 Å². The predicted molar refractivity (Wildman–Crippen MR) is 80.4 cm³/mol. The number of hydrogen-bond acceptors (Lipinski definition) is 4. The van der Waals surface area contributed by atoms with Crippen LogP contribution in [0.5, 0.6) is 5.88 Å². The van der Waals surface area contributed by atoms with Crippen molar-refractivity contribution in [1.29, 1.82) is 5.26 Å². The fourth-order valence-corrected chi connectivity index (χ4v) is 2.53. The van der Waals surface area contributed by atoms with Crippen molar-refractivity contribution in [2.24, 2.45) is 7.05 Å². The molecule has 0 bridgehead atoms. The van der Waals surface area contributed by atoms with Crippen LogP contribution in [-0.4, -0.2) is 15.5 Å². The molecule has 0 atom stereocenters. The second-order valence-corrected chi connectivity index (χ2v) is 5.34. The van der Waals surface area contributed by atoms with E-state index in [-0.39, 0.29) is 16.7 Å². The molecule has 0 aliphatic heterocycles. The van der Waals surface area contributed by atoms with Gasteiger partial charge in [0.1, 0.15) is 11.6 Å². The molecule has 0 aliphatic rings. The number of ketones is 1. The van der Waals surface area contributed by atoms with Crippen molar-refractivity contribution < 1.29 is 9.90 Å². The van der Waals surface area contributed by atoms with Gasteiger partial charge in [0, 0.05) is 17.1 Å². The molecule has 0 amide bonds. The average molecular weight is 347 g/mol. The zero-order chi connectivity index (χ0) is 15.7. The Hall–Kier alpha value is -2.39. The molecule has 2 aromatic rings. The fraction of sp³-hybridized carbons (Fsp3) is 0.133. The number of carbonyl (C=O) groups excluding carboxylic acids is 1. The topological polar surface area (TPSA) is 83.1 Å². The summed E-state index contributed by atoms with van der Waals surface area (Å²) < 4.78 is 1.47. The van der Waals surface area contributed by atoms with E-state index in [0.29, 0.717) is 10.0 Å². The summed E-state index contributed by atoms with van der Waals surface area (Å²) in [4.78, 5) is 24.5. The minimum absolute atomic E-state index is 0.0412. The van der Waals surface area contributed by atoms with Gasteiger partial charge in [0.2, 0.25) is 5.88 Å². The highest BCUT2D eigenvalue weighted by Crippen LogP contribution is 2.27. The molecule has 0 radical (unpaired) electrons. The highest BCUT2D eigenvalue weighted by Gasteiger charge is 2.24. The Labute approximate surface area is 129 Å². The normalized spacial score (nSPS) is 10.2. The molecule has 0 saturated carbocycles. The molecule has 0 aliphatic carbocycles. The SMILES string of the molecule is Cc1c(C(=O)c2ccccc2Br)c(O)n(C)c(=O)c1C#N. The second kappa shape index (κ2) is 5.54. The quantitative estimate of drug-likeness (QED) is 0.845. The molecular weight excluding hydrogens is 336 g/mol. The van der Waals surface area contributed by atoms with Gasteiger partial charge in [0.25, 0.3) is 5.56 Å². The van der Waals surface area contributed by atoms with Crippen molar-refractivity contribution in [2.75, 3.05) is 0 Å². The van der Waals surface area contributed by atoms with Crippen molar-refractivity contribution in [3.05, 3.63) is 61.3 Å². The molecule has 6 heteroatoms. The van der Waals surface area contributed by atoms with E-state index in [1.165, 1.54) is 14.0 Å². The molecule has 1 N–H and O–H groups in total. The summed E-state index contributed by atoms with van der Waals surface area (Å²) in [5, 5.41) is 19.2. The molecular formula is C15H11BrN2O3. The largest absolute Gasteiger partial charge is 0.494 e. The van der Waals surface area contributed by atoms with Gasteiger partial charge in [-0.15, -0.1) is 0 Å². The lowest BCUT2D eigenvalue weighted by atomic mass is 9.97. The van der Waals surface area contributed by atoms with Crippen LogP contribution < -0.4 is 5.56 Å². The number of aromatic nitrogens is 1. The first-order valence-electron chi connectivity index (χ1n) is 6.02. The fourth-order valence-electron chi connectivity index (χ4n) is 2.07. The zero-order valence-electron chi connectivity index (χ0n) is 11.3. The molecule has 21 heavy (non-hydrogen) atoms. The van der Waals surface area contributed by atoms with Crippen molar-refractivity contribution in [1.82, 2.24) is 4.57 Å². The van der Waals surface area contributed by atoms with Crippen LogP contribution in [0, 0.1) is 18.3 Å². The van der Waals surface area contributed by atoms with E-state index in [1.54, 1.807) is 30.3 Å². The van der Waals surface area contributed by atoms with Crippen LogP contribution in [0.25, 0.3) is 0 Å². The second-order valence-electron chi connectivity index (χ2n) is 4.48. The summed E-state index contributed by atoms with van der Waals surface area (Å²) in [6.45, 7) is 1.48. The smallest absolute Gasteiger partial charge is 0.271 e. The first-order chi connectivity index (χ1) is 9.90. The van der Waals surface area contributed by atoms with Crippen LogP contribution in [-0.2, 0) is 7.05 Å². The highest BCUT2D eigenvalue weighted by molar-refractivity contribution is 9.10. The molecule has 5 nitrogen and oxygen atoms in total. The maximum absolute atomic E-state index is 12.6. The molecule has 0 unspecified atom stereocenters. The Kier molecular flexibility index (Phi) is 3.96.